The van der Waals surface area contributed by atoms with Crippen LogP contribution in [0.4, 0.5) is 8.78 Å². The zero-order chi connectivity index (χ0) is 13.3. The highest BCUT2D eigenvalue weighted by Gasteiger charge is 2.34. The first-order chi connectivity index (χ1) is 8.52. The Morgan fingerprint density at radius 3 is 2.56 bits per heavy atom. The van der Waals surface area contributed by atoms with E-state index in [1.54, 1.807) is 4.90 Å². The minimum Gasteiger partial charge on any atom is -0.335 e. The van der Waals surface area contributed by atoms with Gasteiger partial charge in [0, 0.05) is 29.5 Å². The van der Waals surface area contributed by atoms with Crippen LogP contribution in [0.2, 0.25) is 0 Å². The highest BCUT2D eigenvalue weighted by Crippen LogP contribution is 2.27. The second-order valence-electron chi connectivity index (χ2n) is 4.64. The average molecular weight is 318 g/mol. The van der Waals surface area contributed by atoms with Crippen LogP contribution in [0.3, 0.4) is 0 Å². The van der Waals surface area contributed by atoms with E-state index in [4.69, 9.17) is 0 Å². The lowest BCUT2D eigenvalue weighted by Gasteiger charge is -2.25. The van der Waals surface area contributed by atoms with Crippen LogP contribution in [0.25, 0.3) is 0 Å². The number of carbonyl (C=O) groups excluding carboxylic acids is 1. The molecule has 2 rings (SSSR count). The molecule has 98 valence electrons. The maximum absolute atomic E-state index is 13.1. The van der Waals surface area contributed by atoms with Crippen LogP contribution in [0.1, 0.15) is 23.7 Å². The Bertz CT molecular complexity index is 446. The summed E-state index contributed by atoms with van der Waals surface area (Å²) in [5, 5.41) is 0.678. The molecule has 0 bridgehead atoms. The molecule has 1 saturated heterocycles. The van der Waals surface area contributed by atoms with Gasteiger partial charge >= 0.3 is 0 Å². The fourth-order valence-electron chi connectivity index (χ4n) is 2.34. The summed E-state index contributed by atoms with van der Waals surface area (Å²) in [6.45, 7) is 2.71. The van der Waals surface area contributed by atoms with Crippen molar-refractivity contribution in [1.82, 2.24) is 4.90 Å². The number of alkyl halides is 1. The van der Waals surface area contributed by atoms with Crippen LogP contribution < -0.4 is 0 Å². The first-order valence-corrected chi connectivity index (χ1v) is 6.98. The Balaban J connectivity index is 2.25. The summed E-state index contributed by atoms with van der Waals surface area (Å²) in [6, 6.07) is 3.02. The number of rotatable bonds is 2. The average Bonchev–Trinajstić information content (AvgIpc) is 2.68. The summed E-state index contributed by atoms with van der Waals surface area (Å²) in [5.41, 5.74) is 0.0764. The van der Waals surface area contributed by atoms with Crippen LogP contribution in [-0.2, 0) is 0 Å². The van der Waals surface area contributed by atoms with Gasteiger partial charge in [-0.1, -0.05) is 22.9 Å². The normalized spacial score (nSPS) is 23.4. The number of halogens is 3. The molecule has 1 aliphatic rings. The van der Waals surface area contributed by atoms with Gasteiger partial charge in [0.25, 0.3) is 5.91 Å². The number of nitrogens with zero attached hydrogens (tertiary/aromatic N) is 1. The zero-order valence-corrected chi connectivity index (χ0v) is 11.6. The zero-order valence-electron chi connectivity index (χ0n) is 10.00. The molecule has 0 spiro atoms. The molecule has 18 heavy (non-hydrogen) atoms. The molecule has 0 radical (unpaired) electrons. The van der Waals surface area contributed by atoms with Crippen molar-refractivity contribution < 1.29 is 13.6 Å². The maximum atomic E-state index is 13.1. The number of amides is 1. The van der Waals surface area contributed by atoms with Crippen molar-refractivity contribution in [1.29, 1.82) is 0 Å². The molecule has 0 saturated carbocycles. The molecule has 1 amide bonds. The Morgan fingerprint density at radius 2 is 2.00 bits per heavy atom. The fourth-order valence-corrected chi connectivity index (χ4v) is 3.33. The fraction of sp³-hybridized carbons (Fsp3) is 0.462. The van der Waals surface area contributed by atoms with E-state index in [2.05, 4.69) is 22.9 Å². The van der Waals surface area contributed by atoms with Crippen molar-refractivity contribution >= 4 is 21.8 Å². The molecule has 2 atom stereocenters. The molecule has 0 N–H and O–H groups in total. The van der Waals surface area contributed by atoms with E-state index in [9.17, 15) is 13.6 Å². The summed E-state index contributed by atoms with van der Waals surface area (Å²) in [7, 11) is 0. The Kier molecular flexibility index (Phi) is 4.00. The van der Waals surface area contributed by atoms with Gasteiger partial charge in [0.05, 0.1) is 0 Å². The van der Waals surface area contributed by atoms with Crippen LogP contribution in [0, 0.1) is 17.6 Å². The molecule has 5 heteroatoms. The van der Waals surface area contributed by atoms with E-state index in [1.807, 2.05) is 0 Å². The van der Waals surface area contributed by atoms with Gasteiger partial charge < -0.3 is 4.90 Å². The van der Waals surface area contributed by atoms with Crippen LogP contribution in [-0.4, -0.2) is 28.7 Å². The quantitative estimate of drug-likeness (QED) is 0.767. The van der Waals surface area contributed by atoms with Gasteiger partial charge in [0.1, 0.15) is 11.6 Å². The molecule has 0 aromatic heterocycles. The summed E-state index contributed by atoms with van der Waals surface area (Å²) in [5.74, 6) is -1.35. The minimum atomic E-state index is -0.721. The number of likely N-dealkylation sites (tertiary alicyclic amines) is 1. The van der Waals surface area contributed by atoms with Crippen molar-refractivity contribution in [3.63, 3.8) is 0 Å². The summed E-state index contributed by atoms with van der Waals surface area (Å²) < 4.78 is 26.2. The molecular formula is C13H14BrF2NO. The van der Waals surface area contributed by atoms with Crippen LogP contribution in [0.5, 0.6) is 0 Å². The lowest BCUT2D eigenvalue weighted by molar-refractivity contribution is 0.0737. The third kappa shape index (κ3) is 2.55. The van der Waals surface area contributed by atoms with Crippen LogP contribution in [0.15, 0.2) is 18.2 Å². The smallest absolute Gasteiger partial charge is 0.254 e. The predicted octanol–water partition coefficient (Wildman–Crippen LogP) is 3.21. The number of benzene rings is 1. The van der Waals surface area contributed by atoms with E-state index in [1.165, 1.54) is 0 Å². The summed E-state index contributed by atoms with van der Waals surface area (Å²) >= 11 is 3.38. The van der Waals surface area contributed by atoms with Crippen LogP contribution >= 0.6 is 15.9 Å². The van der Waals surface area contributed by atoms with Crippen molar-refractivity contribution in [2.24, 2.45) is 5.92 Å². The molecule has 1 aromatic rings. The van der Waals surface area contributed by atoms with Gasteiger partial charge in [0.15, 0.2) is 0 Å². The van der Waals surface area contributed by atoms with E-state index in [0.717, 1.165) is 24.6 Å². The van der Waals surface area contributed by atoms with Gasteiger partial charge in [-0.3, -0.25) is 4.79 Å². The molecule has 2 unspecified atom stereocenters. The Labute approximate surface area is 113 Å². The predicted molar refractivity (Wildman–Crippen MR) is 68.8 cm³/mol. The lowest BCUT2D eigenvalue weighted by Crippen LogP contribution is -2.38. The van der Waals surface area contributed by atoms with Crippen molar-refractivity contribution in [2.45, 2.75) is 19.4 Å². The third-order valence-electron chi connectivity index (χ3n) is 3.41. The third-order valence-corrected chi connectivity index (χ3v) is 4.07. The molecule has 1 heterocycles. The van der Waals surface area contributed by atoms with Gasteiger partial charge in [-0.05, 0) is 24.5 Å². The minimum absolute atomic E-state index is 0.0764. The molecule has 1 aromatic carbocycles. The second-order valence-corrected chi connectivity index (χ2v) is 5.29. The first-order valence-electron chi connectivity index (χ1n) is 5.86. The summed E-state index contributed by atoms with van der Waals surface area (Å²) in [6.07, 6.45) is 0.916. The van der Waals surface area contributed by atoms with Crippen molar-refractivity contribution in [3.8, 4) is 0 Å². The number of carbonyl (C=O) groups is 1. The maximum Gasteiger partial charge on any atom is 0.254 e. The largest absolute Gasteiger partial charge is 0.335 e. The standard InChI is InChI=1S/C13H14BrF2NO/c1-8-2-3-17(12(8)7-14)13(18)9-4-10(15)6-11(16)5-9/h4-6,8,12H,2-3,7H2,1H3. The molecular weight excluding hydrogens is 304 g/mol. The SMILES string of the molecule is CC1CCN(C(=O)c2cc(F)cc(F)c2)C1CBr. The topological polar surface area (TPSA) is 20.3 Å². The highest BCUT2D eigenvalue weighted by atomic mass is 79.9. The molecule has 0 aliphatic carbocycles. The van der Waals surface area contributed by atoms with Crippen molar-refractivity contribution in [2.75, 3.05) is 11.9 Å². The number of hydrogen-bond acceptors (Lipinski definition) is 1. The molecule has 2 nitrogen and oxygen atoms in total. The van der Waals surface area contributed by atoms with Gasteiger partial charge in [-0.15, -0.1) is 0 Å². The van der Waals surface area contributed by atoms with E-state index in [-0.39, 0.29) is 17.5 Å². The summed E-state index contributed by atoms with van der Waals surface area (Å²) in [4.78, 5) is 13.9. The monoisotopic (exact) mass is 317 g/mol. The number of hydrogen-bond donors (Lipinski definition) is 0. The van der Waals surface area contributed by atoms with Crippen molar-refractivity contribution in [3.05, 3.63) is 35.4 Å². The Hall–Kier alpha value is -0.970. The van der Waals surface area contributed by atoms with E-state index in [0.29, 0.717) is 17.8 Å². The van der Waals surface area contributed by atoms with E-state index >= 15 is 0 Å². The Morgan fingerprint density at radius 1 is 1.39 bits per heavy atom. The lowest BCUT2D eigenvalue weighted by atomic mass is 10.0. The highest BCUT2D eigenvalue weighted by molar-refractivity contribution is 9.09. The molecule has 1 aliphatic heterocycles. The molecule has 1 fully saturated rings. The second kappa shape index (κ2) is 5.34. The van der Waals surface area contributed by atoms with Gasteiger partial charge in [-0.2, -0.15) is 0 Å². The van der Waals surface area contributed by atoms with Gasteiger partial charge in [-0.25, -0.2) is 8.78 Å². The van der Waals surface area contributed by atoms with E-state index < -0.39 is 11.6 Å². The van der Waals surface area contributed by atoms with Gasteiger partial charge in [0.2, 0.25) is 0 Å². The first kappa shape index (κ1) is 13.5.